The Kier molecular flexibility index (Phi) is 7.18. The zero-order valence-corrected chi connectivity index (χ0v) is 17.2. The molecule has 0 spiro atoms. The number of ether oxygens (including phenoxy) is 1. The van der Waals surface area contributed by atoms with Crippen molar-refractivity contribution in [2.45, 2.75) is 58.0 Å². The second-order valence-electron chi connectivity index (χ2n) is 8.05. The summed E-state index contributed by atoms with van der Waals surface area (Å²) in [7, 11) is 1.80. The summed E-state index contributed by atoms with van der Waals surface area (Å²) in [6.07, 6.45) is 6.22. The van der Waals surface area contributed by atoms with Crippen LogP contribution < -0.4 is 10.1 Å². The lowest BCUT2D eigenvalue weighted by atomic mass is 10.1. The van der Waals surface area contributed by atoms with Crippen molar-refractivity contribution in [3.05, 3.63) is 29.8 Å². The molecule has 2 fully saturated rings. The van der Waals surface area contributed by atoms with Gasteiger partial charge in [-0.25, -0.2) is 4.79 Å². The van der Waals surface area contributed by atoms with Gasteiger partial charge in [0, 0.05) is 50.6 Å². The van der Waals surface area contributed by atoms with Gasteiger partial charge in [0.05, 0.1) is 6.61 Å². The first-order valence-electron chi connectivity index (χ1n) is 10.6. The second kappa shape index (κ2) is 9.80. The molecular formula is C22H33N3O3. The van der Waals surface area contributed by atoms with Crippen molar-refractivity contribution >= 4 is 11.9 Å². The molecule has 3 amide bonds. The molecule has 2 aliphatic rings. The predicted molar refractivity (Wildman–Crippen MR) is 109 cm³/mol. The summed E-state index contributed by atoms with van der Waals surface area (Å²) in [4.78, 5) is 28.6. The summed E-state index contributed by atoms with van der Waals surface area (Å²) in [5, 5.41) is 2.98. The van der Waals surface area contributed by atoms with Gasteiger partial charge in [-0.3, -0.25) is 4.79 Å². The smallest absolute Gasteiger partial charge is 0.317 e. The first-order valence-corrected chi connectivity index (χ1v) is 10.6. The Morgan fingerprint density at radius 2 is 2.04 bits per heavy atom. The molecule has 3 rings (SSSR count). The van der Waals surface area contributed by atoms with Crippen LogP contribution in [0.1, 0.15) is 51.0 Å². The van der Waals surface area contributed by atoms with Crippen LogP contribution in [0.3, 0.4) is 0 Å². The van der Waals surface area contributed by atoms with Gasteiger partial charge in [-0.15, -0.1) is 0 Å². The van der Waals surface area contributed by atoms with Gasteiger partial charge in [0.1, 0.15) is 5.75 Å². The Bertz CT molecular complexity index is 673. The Labute approximate surface area is 168 Å². The van der Waals surface area contributed by atoms with Crippen LogP contribution >= 0.6 is 0 Å². The number of amides is 3. The van der Waals surface area contributed by atoms with E-state index in [-0.39, 0.29) is 17.9 Å². The molecule has 28 heavy (non-hydrogen) atoms. The van der Waals surface area contributed by atoms with Gasteiger partial charge in [0.2, 0.25) is 5.91 Å². The van der Waals surface area contributed by atoms with Crippen LogP contribution in [0.15, 0.2) is 24.3 Å². The average molecular weight is 388 g/mol. The molecule has 1 heterocycles. The third kappa shape index (κ3) is 5.18. The molecule has 0 aromatic heterocycles. The van der Waals surface area contributed by atoms with Gasteiger partial charge in [-0.2, -0.15) is 0 Å². The van der Waals surface area contributed by atoms with Crippen molar-refractivity contribution in [3.8, 4) is 5.75 Å². The van der Waals surface area contributed by atoms with E-state index in [9.17, 15) is 9.59 Å². The summed E-state index contributed by atoms with van der Waals surface area (Å²) < 4.78 is 5.75. The first kappa shape index (κ1) is 20.5. The van der Waals surface area contributed by atoms with Crippen LogP contribution in [0.2, 0.25) is 0 Å². The van der Waals surface area contributed by atoms with Crippen LogP contribution in [0.25, 0.3) is 0 Å². The maximum absolute atomic E-state index is 12.5. The topological polar surface area (TPSA) is 61.9 Å². The standard InChI is InChI=1S/C22H33N3O3/c1-3-12-28-20-11-7-4-8-18(20)14-23-22(27)24(2)15-17-13-21(26)25(16-17)19-9-5-6-10-19/h4,7-8,11,17,19H,3,5-6,9-10,12-16H2,1-2H3,(H,23,27)/t17-/m0/s1. The van der Waals surface area contributed by atoms with E-state index in [0.717, 1.165) is 37.1 Å². The summed E-state index contributed by atoms with van der Waals surface area (Å²) in [5.74, 6) is 1.30. The molecule has 1 aliphatic carbocycles. The lowest BCUT2D eigenvalue weighted by molar-refractivity contribution is -0.129. The van der Waals surface area contributed by atoms with Crippen molar-refractivity contribution < 1.29 is 14.3 Å². The molecule has 1 N–H and O–H groups in total. The molecule has 1 saturated carbocycles. The highest BCUT2D eigenvalue weighted by molar-refractivity contribution is 5.79. The molecule has 1 atom stereocenters. The van der Waals surface area contributed by atoms with Crippen molar-refractivity contribution in [2.24, 2.45) is 5.92 Å². The Balaban J connectivity index is 1.47. The average Bonchev–Trinajstić information content (AvgIpc) is 3.34. The summed E-state index contributed by atoms with van der Waals surface area (Å²) in [5.41, 5.74) is 0.973. The highest BCUT2D eigenvalue weighted by Crippen LogP contribution is 2.29. The molecule has 1 aromatic carbocycles. The van der Waals surface area contributed by atoms with Gasteiger partial charge >= 0.3 is 6.03 Å². The number of nitrogens with one attached hydrogen (secondary N) is 1. The predicted octanol–water partition coefficient (Wildman–Crippen LogP) is 3.41. The SMILES string of the molecule is CCCOc1ccccc1CNC(=O)N(C)C[C@@H]1CC(=O)N(C2CCCC2)C1. The minimum Gasteiger partial charge on any atom is -0.493 e. The third-order valence-corrected chi connectivity index (χ3v) is 5.75. The number of hydrogen-bond donors (Lipinski definition) is 1. The molecule has 6 heteroatoms. The number of carbonyl (C=O) groups is 2. The second-order valence-corrected chi connectivity index (χ2v) is 8.05. The number of para-hydroxylation sites is 1. The van der Waals surface area contributed by atoms with E-state index in [2.05, 4.69) is 17.1 Å². The fourth-order valence-electron chi connectivity index (χ4n) is 4.28. The normalized spacial score (nSPS) is 19.9. The molecule has 1 aliphatic heterocycles. The molecule has 1 saturated heterocycles. The Morgan fingerprint density at radius 3 is 2.79 bits per heavy atom. The quantitative estimate of drug-likeness (QED) is 0.744. The zero-order valence-electron chi connectivity index (χ0n) is 17.2. The van der Waals surface area contributed by atoms with Crippen LogP contribution in [0.4, 0.5) is 4.79 Å². The third-order valence-electron chi connectivity index (χ3n) is 5.75. The maximum atomic E-state index is 12.5. The first-order chi connectivity index (χ1) is 13.6. The number of urea groups is 1. The maximum Gasteiger partial charge on any atom is 0.317 e. The van der Waals surface area contributed by atoms with E-state index in [1.807, 2.05) is 24.3 Å². The zero-order chi connectivity index (χ0) is 19.9. The van der Waals surface area contributed by atoms with E-state index in [1.165, 1.54) is 12.8 Å². The van der Waals surface area contributed by atoms with E-state index < -0.39 is 0 Å². The van der Waals surface area contributed by atoms with E-state index in [0.29, 0.717) is 32.2 Å². The molecule has 154 valence electrons. The number of benzene rings is 1. The molecule has 0 radical (unpaired) electrons. The van der Waals surface area contributed by atoms with Crippen LogP contribution in [-0.2, 0) is 11.3 Å². The molecule has 1 aromatic rings. The van der Waals surface area contributed by atoms with Crippen molar-refractivity contribution in [1.29, 1.82) is 0 Å². The van der Waals surface area contributed by atoms with Crippen LogP contribution in [0.5, 0.6) is 5.75 Å². The lowest BCUT2D eigenvalue weighted by Gasteiger charge is -2.25. The minimum absolute atomic E-state index is 0.114. The van der Waals surface area contributed by atoms with E-state index in [1.54, 1.807) is 11.9 Å². The molecule has 0 unspecified atom stereocenters. The number of rotatable bonds is 8. The lowest BCUT2D eigenvalue weighted by Crippen LogP contribution is -2.40. The summed E-state index contributed by atoms with van der Waals surface area (Å²) in [6.45, 7) is 4.56. The number of hydrogen-bond acceptors (Lipinski definition) is 3. The summed E-state index contributed by atoms with van der Waals surface area (Å²) >= 11 is 0. The monoisotopic (exact) mass is 387 g/mol. The van der Waals surface area contributed by atoms with Gasteiger partial charge in [0.15, 0.2) is 0 Å². The van der Waals surface area contributed by atoms with Crippen LogP contribution in [-0.4, -0.2) is 54.5 Å². The number of likely N-dealkylation sites (tertiary alicyclic amines) is 1. The molecule has 6 nitrogen and oxygen atoms in total. The molecular weight excluding hydrogens is 354 g/mol. The van der Waals surface area contributed by atoms with Crippen LogP contribution in [0, 0.1) is 5.92 Å². The Morgan fingerprint density at radius 1 is 1.29 bits per heavy atom. The van der Waals surface area contributed by atoms with Crippen molar-refractivity contribution in [2.75, 3.05) is 26.7 Å². The van der Waals surface area contributed by atoms with Crippen molar-refractivity contribution in [1.82, 2.24) is 15.1 Å². The summed E-state index contributed by atoms with van der Waals surface area (Å²) in [6, 6.07) is 8.11. The highest BCUT2D eigenvalue weighted by atomic mass is 16.5. The largest absolute Gasteiger partial charge is 0.493 e. The van der Waals surface area contributed by atoms with Gasteiger partial charge in [0.25, 0.3) is 0 Å². The van der Waals surface area contributed by atoms with Gasteiger partial charge in [-0.1, -0.05) is 38.0 Å². The Hall–Kier alpha value is -2.24. The van der Waals surface area contributed by atoms with E-state index >= 15 is 0 Å². The van der Waals surface area contributed by atoms with Gasteiger partial charge in [-0.05, 0) is 25.3 Å². The highest BCUT2D eigenvalue weighted by Gasteiger charge is 2.36. The fourth-order valence-corrected chi connectivity index (χ4v) is 4.28. The minimum atomic E-state index is -0.114. The van der Waals surface area contributed by atoms with Crippen molar-refractivity contribution in [3.63, 3.8) is 0 Å². The molecule has 0 bridgehead atoms. The number of carbonyl (C=O) groups excluding carboxylic acids is 2. The number of nitrogens with zero attached hydrogens (tertiary/aromatic N) is 2. The van der Waals surface area contributed by atoms with Gasteiger partial charge < -0.3 is 19.9 Å². The van der Waals surface area contributed by atoms with E-state index in [4.69, 9.17) is 4.74 Å². The fraction of sp³-hybridized carbons (Fsp3) is 0.636.